The van der Waals surface area contributed by atoms with Crippen LogP contribution in [-0.2, 0) is 43.3 Å². The van der Waals surface area contributed by atoms with E-state index < -0.39 is 32.0 Å². The summed E-state index contributed by atoms with van der Waals surface area (Å²) in [6.07, 6.45) is 0.472. The maximum Gasteiger partial charge on any atom is 0.455 e. The Kier molecular flexibility index (Phi) is 12.5. The molecule has 1 aliphatic rings. The van der Waals surface area contributed by atoms with Crippen LogP contribution >= 0.6 is 7.60 Å². The minimum Gasteiger partial charge on any atom is -0.413 e. The molecule has 1 fully saturated rings. The summed E-state index contributed by atoms with van der Waals surface area (Å²) in [7, 11) is -3.77. The summed E-state index contributed by atoms with van der Waals surface area (Å²) in [5.74, 6) is 2.39. The Hall–Kier alpha value is -4.49. The monoisotopic (exact) mass is 676 g/mol. The maximum absolute atomic E-state index is 14.1. The fourth-order valence-corrected chi connectivity index (χ4v) is 6.96. The van der Waals surface area contributed by atoms with Crippen molar-refractivity contribution in [1.29, 1.82) is 0 Å². The molecule has 1 saturated heterocycles. The van der Waals surface area contributed by atoms with Crippen molar-refractivity contribution in [3.8, 4) is 11.5 Å². The van der Waals surface area contributed by atoms with Crippen molar-refractivity contribution in [2.45, 2.75) is 50.7 Å². The van der Waals surface area contributed by atoms with E-state index in [9.17, 15) is 4.57 Å². The van der Waals surface area contributed by atoms with E-state index in [1.54, 1.807) is 30.3 Å². The first-order valence-corrected chi connectivity index (χ1v) is 18.1. The Morgan fingerprint density at radius 1 is 0.531 bits per heavy atom. The Morgan fingerprint density at radius 2 is 0.939 bits per heavy atom. The average Bonchev–Trinajstić information content (AvgIpc) is 3.47. The van der Waals surface area contributed by atoms with E-state index in [0.717, 1.165) is 16.7 Å². The van der Waals surface area contributed by atoms with Gasteiger partial charge in [-0.3, -0.25) is 0 Å². The van der Waals surface area contributed by atoms with E-state index in [4.69, 9.17) is 28.0 Å². The molecule has 0 bridgehead atoms. The summed E-state index contributed by atoms with van der Waals surface area (Å²) in [5, 5.41) is 0. The lowest BCUT2D eigenvalue weighted by atomic mass is 10.0. The van der Waals surface area contributed by atoms with Crippen LogP contribution in [0.3, 0.4) is 0 Å². The van der Waals surface area contributed by atoms with Gasteiger partial charge >= 0.3 is 7.60 Å². The second-order valence-corrected chi connectivity index (χ2v) is 13.4. The molecule has 5 aromatic rings. The van der Waals surface area contributed by atoms with Crippen molar-refractivity contribution in [2.24, 2.45) is 0 Å². The third-order valence-electron chi connectivity index (χ3n) is 7.98. The van der Waals surface area contributed by atoms with Gasteiger partial charge in [-0.2, -0.15) is 0 Å². The van der Waals surface area contributed by atoms with Gasteiger partial charge in [0, 0.05) is 5.82 Å². The second kappa shape index (κ2) is 17.8. The smallest absolute Gasteiger partial charge is 0.413 e. The molecule has 0 radical (unpaired) electrons. The molecule has 0 aliphatic carbocycles. The molecule has 0 aromatic heterocycles. The Morgan fingerprint density at radius 3 is 1.41 bits per heavy atom. The van der Waals surface area contributed by atoms with Crippen molar-refractivity contribution >= 4 is 7.60 Å². The van der Waals surface area contributed by atoms with Gasteiger partial charge in [0.25, 0.3) is 0 Å². The van der Waals surface area contributed by atoms with Crippen LogP contribution in [0.5, 0.6) is 11.5 Å². The fraction of sp³-hybridized carbons (Fsp3) is 0.220. The van der Waals surface area contributed by atoms with Gasteiger partial charge in [-0.25, -0.2) is 4.57 Å². The zero-order valence-corrected chi connectivity index (χ0v) is 28.1. The average molecular weight is 677 g/mol. The summed E-state index contributed by atoms with van der Waals surface area (Å²) in [6.45, 7) is 1.53. The topological polar surface area (TPSA) is 72.5 Å². The first-order valence-electron chi connectivity index (χ1n) is 16.5. The number of hydrogen-bond acceptors (Lipinski definition) is 7. The molecule has 1 heterocycles. The van der Waals surface area contributed by atoms with Gasteiger partial charge in [0.15, 0.2) is 0 Å². The van der Waals surface area contributed by atoms with Gasteiger partial charge in [-0.15, -0.1) is 0 Å². The zero-order chi connectivity index (χ0) is 33.6. The number of rotatable bonds is 17. The van der Waals surface area contributed by atoms with Crippen LogP contribution in [0, 0.1) is 0 Å². The SMILES string of the molecule is O=P(C=CC[C@@H]1O[C@H](COCc2ccccc2)[C@@H](OCc2ccccc2)[C@@H]1OCc1ccccc1)(Oc1ccccc1)Oc1ccccc1. The highest BCUT2D eigenvalue weighted by Gasteiger charge is 2.46. The van der Waals surface area contributed by atoms with Crippen molar-refractivity contribution in [2.75, 3.05) is 6.61 Å². The van der Waals surface area contributed by atoms with Crippen LogP contribution in [0.15, 0.2) is 164 Å². The van der Waals surface area contributed by atoms with Crippen molar-refractivity contribution < 1.29 is 32.6 Å². The van der Waals surface area contributed by atoms with Crippen LogP contribution in [0.25, 0.3) is 0 Å². The predicted octanol–water partition coefficient (Wildman–Crippen LogP) is 9.40. The molecule has 5 aromatic carbocycles. The van der Waals surface area contributed by atoms with E-state index in [1.807, 2.05) is 127 Å². The minimum atomic E-state index is -3.77. The molecule has 0 unspecified atom stereocenters. The van der Waals surface area contributed by atoms with Crippen LogP contribution in [0.1, 0.15) is 23.1 Å². The fourth-order valence-electron chi connectivity index (χ4n) is 5.59. The van der Waals surface area contributed by atoms with Gasteiger partial charge in [0.1, 0.15) is 29.8 Å². The number of ether oxygens (including phenoxy) is 4. The number of hydrogen-bond donors (Lipinski definition) is 0. The Bertz CT molecular complexity index is 1690. The van der Waals surface area contributed by atoms with Crippen LogP contribution in [0.4, 0.5) is 0 Å². The molecule has 4 atom stereocenters. The molecule has 8 heteroatoms. The molecule has 252 valence electrons. The third kappa shape index (κ3) is 10.5. The van der Waals surface area contributed by atoms with Gasteiger partial charge in [0.05, 0.1) is 32.5 Å². The maximum atomic E-state index is 14.1. The van der Waals surface area contributed by atoms with Gasteiger partial charge in [-0.05, 0) is 47.4 Å². The van der Waals surface area contributed by atoms with Gasteiger partial charge in [0.2, 0.25) is 0 Å². The summed E-state index contributed by atoms with van der Waals surface area (Å²) in [6, 6.07) is 48.1. The molecule has 6 rings (SSSR count). The lowest BCUT2D eigenvalue weighted by Gasteiger charge is -2.25. The van der Waals surface area contributed by atoms with Crippen molar-refractivity contribution in [1.82, 2.24) is 0 Å². The highest BCUT2D eigenvalue weighted by Crippen LogP contribution is 2.50. The number of para-hydroxylation sites is 2. The van der Waals surface area contributed by atoms with Gasteiger partial charge in [-0.1, -0.05) is 133 Å². The van der Waals surface area contributed by atoms with Crippen LogP contribution in [-0.4, -0.2) is 31.0 Å². The molecule has 0 amide bonds. The van der Waals surface area contributed by atoms with Crippen molar-refractivity contribution in [3.05, 3.63) is 180 Å². The first kappa shape index (κ1) is 34.4. The van der Waals surface area contributed by atoms with E-state index >= 15 is 0 Å². The first-order chi connectivity index (χ1) is 24.1. The zero-order valence-electron chi connectivity index (χ0n) is 27.2. The standard InChI is InChI=1S/C41H41O7P/c42-49(47-36-23-12-4-13-24-36,48-37-25-14-5-15-26-37)28-16-27-38-40(44-30-34-19-8-2-9-20-34)41(45-31-35-21-10-3-11-22-35)39(46-38)32-43-29-33-17-6-1-7-18-33/h1-26,28,38-41H,27,29-32H2/t38-,39+,40+,41+/m0/s1. The van der Waals surface area contributed by atoms with E-state index in [1.165, 1.54) is 5.82 Å². The molecule has 0 saturated carbocycles. The Balaban J connectivity index is 1.22. The lowest BCUT2D eigenvalue weighted by Crippen LogP contribution is -2.39. The molecular formula is C41H41O7P. The molecule has 7 nitrogen and oxygen atoms in total. The van der Waals surface area contributed by atoms with E-state index in [0.29, 0.717) is 44.3 Å². The highest BCUT2D eigenvalue weighted by atomic mass is 31.2. The van der Waals surface area contributed by atoms with Crippen molar-refractivity contribution in [3.63, 3.8) is 0 Å². The van der Waals surface area contributed by atoms with E-state index in [2.05, 4.69) is 0 Å². The molecule has 49 heavy (non-hydrogen) atoms. The molecule has 0 N–H and O–H groups in total. The quantitative estimate of drug-likeness (QED) is 0.0909. The lowest BCUT2D eigenvalue weighted by molar-refractivity contribution is -0.0898. The van der Waals surface area contributed by atoms with Crippen LogP contribution in [0.2, 0.25) is 0 Å². The summed E-state index contributed by atoms with van der Waals surface area (Å²) in [4.78, 5) is 0. The summed E-state index contributed by atoms with van der Waals surface area (Å²) >= 11 is 0. The van der Waals surface area contributed by atoms with Gasteiger partial charge < -0.3 is 28.0 Å². The highest BCUT2D eigenvalue weighted by molar-refractivity contribution is 7.58. The Labute approximate surface area is 288 Å². The minimum absolute atomic E-state index is 0.312. The largest absolute Gasteiger partial charge is 0.455 e. The van der Waals surface area contributed by atoms with Crippen LogP contribution < -0.4 is 9.05 Å². The number of benzene rings is 5. The summed E-state index contributed by atoms with van der Waals surface area (Å²) < 4.78 is 52.1. The predicted molar refractivity (Wildman–Crippen MR) is 190 cm³/mol. The normalized spacial score (nSPS) is 19.2. The molecular weight excluding hydrogens is 635 g/mol. The molecule has 0 spiro atoms. The molecule has 1 aliphatic heterocycles. The second-order valence-electron chi connectivity index (χ2n) is 11.7. The van der Waals surface area contributed by atoms with E-state index in [-0.39, 0.29) is 0 Å². The summed E-state index contributed by atoms with van der Waals surface area (Å²) in [5.41, 5.74) is 3.17. The third-order valence-corrected chi connectivity index (χ3v) is 9.49.